The molecule has 1 fully saturated rings. The molecule has 0 aromatic heterocycles. The molecule has 0 saturated carbocycles. The van der Waals surface area contributed by atoms with E-state index in [-0.39, 0.29) is 18.7 Å². The van der Waals surface area contributed by atoms with Gasteiger partial charge in [0.1, 0.15) is 12.4 Å². The van der Waals surface area contributed by atoms with Gasteiger partial charge >= 0.3 is 5.97 Å². The van der Waals surface area contributed by atoms with Crippen molar-refractivity contribution in [1.29, 1.82) is 0 Å². The topological polar surface area (TPSA) is 78.9 Å². The summed E-state index contributed by atoms with van der Waals surface area (Å²) in [5, 5.41) is 11.3. The number of carbonyl (C=O) groups is 2. The highest BCUT2D eigenvalue weighted by Crippen LogP contribution is 2.13. The number of carboxylic acids is 1. The van der Waals surface area contributed by atoms with Gasteiger partial charge in [-0.25, -0.2) is 0 Å². The molecule has 2 N–H and O–H groups in total. The zero-order chi connectivity index (χ0) is 17.9. The van der Waals surface area contributed by atoms with Crippen molar-refractivity contribution in [2.75, 3.05) is 32.8 Å². The number of benzene rings is 1. The number of nitrogens with zero attached hydrogens (tertiary/aromatic N) is 1. The molecule has 1 aliphatic rings. The predicted molar refractivity (Wildman–Crippen MR) is 95.8 cm³/mol. The fraction of sp³-hybridized carbons (Fsp3) is 0.579. The number of piperidine rings is 1. The molecule has 1 aliphatic heterocycles. The molecule has 1 heterocycles. The minimum atomic E-state index is -0.953. The van der Waals surface area contributed by atoms with E-state index < -0.39 is 5.97 Å². The van der Waals surface area contributed by atoms with E-state index in [1.54, 1.807) is 0 Å². The lowest BCUT2D eigenvalue weighted by Crippen LogP contribution is -2.33. The number of ether oxygens (including phenoxy) is 1. The molecule has 6 heteroatoms. The largest absolute Gasteiger partial charge is 0.492 e. The van der Waals surface area contributed by atoms with E-state index in [1.165, 1.54) is 32.4 Å². The first kappa shape index (κ1) is 19.2. The zero-order valence-corrected chi connectivity index (χ0v) is 14.7. The Morgan fingerprint density at radius 3 is 2.48 bits per heavy atom. The normalized spacial score (nSPS) is 14.9. The Balaban J connectivity index is 1.60. The molecule has 0 bridgehead atoms. The van der Waals surface area contributed by atoms with E-state index in [1.807, 2.05) is 24.3 Å². The van der Waals surface area contributed by atoms with E-state index in [0.29, 0.717) is 19.6 Å². The van der Waals surface area contributed by atoms with Crippen molar-refractivity contribution in [2.45, 2.75) is 38.5 Å². The third-order valence-electron chi connectivity index (χ3n) is 4.35. The van der Waals surface area contributed by atoms with Gasteiger partial charge in [0.15, 0.2) is 0 Å². The van der Waals surface area contributed by atoms with Crippen LogP contribution in [0.3, 0.4) is 0 Å². The standard InChI is InChI=1S/C19H28N2O4/c22-18(8-9-19(23)24)20-11-10-16-4-6-17(7-5-16)25-15-14-21-12-2-1-3-13-21/h4-7H,1-3,8-15H2,(H,20,22)(H,23,24). The molecular formula is C19H28N2O4. The lowest BCUT2D eigenvalue weighted by atomic mass is 10.1. The van der Waals surface area contributed by atoms with Crippen LogP contribution in [0.15, 0.2) is 24.3 Å². The van der Waals surface area contributed by atoms with Crippen molar-refractivity contribution in [2.24, 2.45) is 0 Å². The van der Waals surface area contributed by atoms with Crippen molar-refractivity contribution >= 4 is 11.9 Å². The van der Waals surface area contributed by atoms with Gasteiger partial charge in [0.05, 0.1) is 6.42 Å². The highest BCUT2D eigenvalue weighted by molar-refractivity contribution is 5.80. The Hall–Kier alpha value is -2.08. The molecule has 138 valence electrons. The van der Waals surface area contributed by atoms with E-state index in [9.17, 15) is 9.59 Å². The molecule has 1 amide bonds. The zero-order valence-electron chi connectivity index (χ0n) is 14.7. The molecule has 2 rings (SSSR count). The highest BCUT2D eigenvalue weighted by Gasteiger charge is 2.09. The minimum absolute atomic E-state index is 0.0269. The Labute approximate surface area is 149 Å². The average molecular weight is 348 g/mol. The number of carboxylic acid groups (broad SMARTS) is 1. The summed E-state index contributed by atoms with van der Waals surface area (Å²) >= 11 is 0. The third-order valence-corrected chi connectivity index (χ3v) is 4.35. The van der Waals surface area contributed by atoms with Crippen molar-refractivity contribution in [3.8, 4) is 5.75 Å². The molecule has 6 nitrogen and oxygen atoms in total. The number of hydrogen-bond acceptors (Lipinski definition) is 4. The maximum Gasteiger partial charge on any atom is 0.303 e. The molecule has 0 unspecified atom stereocenters. The van der Waals surface area contributed by atoms with Crippen LogP contribution in [0.25, 0.3) is 0 Å². The number of carbonyl (C=O) groups excluding carboxylic acids is 1. The molecule has 1 aromatic carbocycles. The van der Waals surface area contributed by atoms with Crippen LogP contribution in [0.1, 0.15) is 37.7 Å². The predicted octanol–water partition coefficient (Wildman–Crippen LogP) is 2.07. The Kier molecular flexibility index (Phi) is 8.25. The minimum Gasteiger partial charge on any atom is -0.492 e. The SMILES string of the molecule is O=C(O)CCC(=O)NCCc1ccc(OCCN2CCCCC2)cc1. The van der Waals surface area contributed by atoms with Crippen molar-refractivity contribution in [3.05, 3.63) is 29.8 Å². The summed E-state index contributed by atoms with van der Waals surface area (Å²) in [7, 11) is 0. The van der Waals surface area contributed by atoms with E-state index >= 15 is 0 Å². The molecule has 0 atom stereocenters. The van der Waals surface area contributed by atoms with Gasteiger partial charge in [-0.15, -0.1) is 0 Å². The van der Waals surface area contributed by atoms with Crippen molar-refractivity contribution < 1.29 is 19.4 Å². The van der Waals surface area contributed by atoms with E-state index in [0.717, 1.165) is 17.9 Å². The van der Waals surface area contributed by atoms with E-state index in [2.05, 4.69) is 10.2 Å². The number of likely N-dealkylation sites (tertiary alicyclic amines) is 1. The number of hydrogen-bond donors (Lipinski definition) is 2. The lowest BCUT2D eigenvalue weighted by molar-refractivity contribution is -0.138. The summed E-state index contributed by atoms with van der Waals surface area (Å²) in [5.74, 6) is -0.308. The van der Waals surface area contributed by atoms with Gasteiger partial charge in [-0.1, -0.05) is 18.6 Å². The van der Waals surface area contributed by atoms with Crippen LogP contribution in [-0.4, -0.2) is 54.7 Å². The number of amides is 1. The molecule has 0 aliphatic carbocycles. The summed E-state index contributed by atoms with van der Waals surface area (Å²) in [5.41, 5.74) is 1.11. The first-order valence-electron chi connectivity index (χ1n) is 9.06. The number of nitrogens with one attached hydrogen (secondary N) is 1. The van der Waals surface area contributed by atoms with Gasteiger partial charge in [-0.3, -0.25) is 14.5 Å². The molecule has 0 radical (unpaired) electrons. The Morgan fingerprint density at radius 2 is 1.80 bits per heavy atom. The van der Waals surface area contributed by atoms with Gasteiger partial charge in [0.2, 0.25) is 5.91 Å². The second-order valence-electron chi connectivity index (χ2n) is 6.39. The van der Waals surface area contributed by atoms with Crippen LogP contribution in [0, 0.1) is 0 Å². The van der Waals surface area contributed by atoms with Crippen LogP contribution in [0.5, 0.6) is 5.75 Å². The Bertz CT molecular complexity index is 539. The van der Waals surface area contributed by atoms with Gasteiger partial charge < -0.3 is 15.2 Å². The molecule has 25 heavy (non-hydrogen) atoms. The maximum absolute atomic E-state index is 11.4. The fourth-order valence-corrected chi connectivity index (χ4v) is 2.88. The van der Waals surface area contributed by atoms with Gasteiger partial charge in [-0.05, 0) is 50.0 Å². The average Bonchev–Trinajstić information content (AvgIpc) is 2.62. The number of aliphatic carboxylic acids is 1. The smallest absolute Gasteiger partial charge is 0.303 e. The van der Waals surface area contributed by atoms with Gasteiger partial charge in [0.25, 0.3) is 0 Å². The molecular weight excluding hydrogens is 320 g/mol. The summed E-state index contributed by atoms with van der Waals surface area (Å²) in [6.45, 7) is 4.55. The second-order valence-corrected chi connectivity index (χ2v) is 6.39. The van der Waals surface area contributed by atoms with Crippen LogP contribution in [0.4, 0.5) is 0 Å². The first-order chi connectivity index (χ1) is 12.1. The van der Waals surface area contributed by atoms with Gasteiger partial charge in [-0.2, -0.15) is 0 Å². The Morgan fingerprint density at radius 1 is 1.08 bits per heavy atom. The lowest BCUT2D eigenvalue weighted by Gasteiger charge is -2.26. The summed E-state index contributed by atoms with van der Waals surface area (Å²) in [6, 6.07) is 7.91. The van der Waals surface area contributed by atoms with Gasteiger partial charge in [0, 0.05) is 19.5 Å². The van der Waals surface area contributed by atoms with Crippen LogP contribution in [-0.2, 0) is 16.0 Å². The van der Waals surface area contributed by atoms with E-state index in [4.69, 9.17) is 9.84 Å². The highest BCUT2D eigenvalue weighted by atomic mass is 16.5. The van der Waals surface area contributed by atoms with Crippen LogP contribution in [0.2, 0.25) is 0 Å². The van der Waals surface area contributed by atoms with Crippen molar-refractivity contribution in [3.63, 3.8) is 0 Å². The maximum atomic E-state index is 11.4. The summed E-state index contributed by atoms with van der Waals surface area (Å²) < 4.78 is 5.79. The molecule has 1 aromatic rings. The first-order valence-corrected chi connectivity index (χ1v) is 9.06. The fourth-order valence-electron chi connectivity index (χ4n) is 2.88. The monoisotopic (exact) mass is 348 g/mol. The van der Waals surface area contributed by atoms with Crippen LogP contribution >= 0.6 is 0 Å². The molecule has 0 spiro atoms. The third kappa shape index (κ3) is 8.03. The van der Waals surface area contributed by atoms with Crippen molar-refractivity contribution in [1.82, 2.24) is 10.2 Å². The summed E-state index contributed by atoms with van der Waals surface area (Å²) in [4.78, 5) is 24.3. The molecule has 1 saturated heterocycles. The second kappa shape index (κ2) is 10.7. The van der Waals surface area contributed by atoms with Crippen LogP contribution < -0.4 is 10.1 Å². The summed E-state index contributed by atoms with van der Waals surface area (Å²) in [6.07, 6.45) is 4.54. The number of rotatable bonds is 10. The quantitative estimate of drug-likeness (QED) is 0.677.